The van der Waals surface area contributed by atoms with Crippen LogP contribution in [0.3, 0.4) is 0 Å². The SMILES string of the molecule is CC.CC(C)NC1CNC1. The lowest BCUT2D eigenvalue weighted by Gasteiger charge is -2.29. The molecule has 0 radical (unpaired) electrons. The first-order chi connectivity index (χ1) is 4.79. The molecule has 0 aliphatic carbocycles. The van der Waals surface area contributed by atoms with Crippen molar-refractivity contribution in [2.45, 2.75) is 39.8 Å². The molecule has 0 aromatic rings. The summed E-state index contributed by atoms with van der Waals surface area (Å²) < 4.78 is 0. The third-order valence-corrected chi connectivity index (χ3v) is 1.35. The maximum Gasteiger partial charge on any atom is 0.0319 e. The molecule has 0 atom stereocenters. The topological polar surface area (TPSA) is 24.1 Å². The van der Waals surface area contributed by atoms with Gasteiger partial charge in [0.1, 0.15) is 0 Å². The molecule has 10 heavy (non-hydrogen) atoms. The molecule has 2 N–H and O–H groups in total. The standard InChI is InChI=1S/C6H14N2.C2H6/c1-5(2)8-6-3-7-4-6;1-2/h5-8H,3-4H2,1-2H3;1-2H3. The minimum absolute atomic E-state index is 0.641. The Hall–Kier alpha value is -0.0800. The van der Waals surface area contributed by atoms with Crippen LogP contribution in [0.1, 0.15) is 27.7 Å². The summed E-state index contributed by atoms with van der Waals surface area (Å²) in [6.07, 6.45) is 0. The van der Waals surface area contributed by atoms with E-state index >= 15 is 0 Å². The van der Waals surface area contributed by atoms with E-state index in [-0.39, 0.29) is 0 Å². The fraction of sp³-hybridized carbons (Fsp3) is 1.00. The predicted molar refractivity (Wildman–Crippen MR) is 46.3 cm³/mol. The van der Waals surface area contributed by atoms with E-state index in [0.717, 1.165) is 19.1 Å². The molecule has 62 valence electrons. The van der Waals surface area contributed by atoms with Crippen LogP contribution in [0.25, 0.3) is 0 Å². The summed E-state index contributed by atoms with van der Waals surface area (Å²) in [7, 11) is 0. The van der Waals surface area contributed by atoms with Gasteiger partial charge in [-0.3, -0.25) is 0 Å². The summed E-state index contributed by atoms with van der Waals surface area (Å²) in [5.41, 5.74) is 0. The molecule has 0 aromatic heterocycles. The van der Waals surface area contributed by atoms with Gasteiger partial charge in [-0.05, 0) is 0 Å². The summed E-state index contributed by atoms with van der Waals surface area (Å²) in [5.74, 6) is 0. The first-order valence-electron chi connectivity index (χ1n) is 4.26. The van der Waals surface area contributed by atoms with Gasteiger partial charge in [-0.15, -0.1) is 0 Å². The van der Waals surface area contributed by atoms with Crippen LogP contribution in [0.15, 0.2) is 0 Å². The number of rotatable bonds is 2. The van der Waals surface area contributed by atoms with Gasteiger partial charge < -0.3 is 10.6 Å². The number of hydrogen-bond acceptors (Lipinski definition) is 2. The fourth-order valence-corrected chi connectivity index (χ4v) is 0.878. The quantitative estimate of drug-likeness (QED) is 0.604. The second kappa shape index (κ2) is 5.69. The van der Waals surface area contributed by atoms with Crippen LogP contribution in [0.4, 0.5) is 0 Å². The number of nitrogens with one attached hydrogen (secondary N) is 2. The van der Waals surface area contributed by atoms with Crippen molar-refractivity contribution in [1.29, 1.82) is 0 Å². The van der Waals surface area contributed by atoms with Gasteiger partial charge >= 0.3 is 0 Å². The maximum atomic E-state index is 3.42. The molecule has 2 heteroatoms. The van der Waals surface area contributed by atoms with Gasteiger partial charge in [0.05, 0.1) is 0 Å². The lowest BCUT2D eigenvalue weighted by molar-refractivity contribution is 0.344. The highest BCUT2D eigenvalue weighted by Gasteiger charge is 2.15. The smallest absolute Gasteiger partial charge is 0.0319 e. The third-order valence-electron chi connectivity index (χ3n) is 1.35. The zero-order valence-corrected chi connectivity index (χ0v) is 7.57. The minimum atomic E-state index is 0.641. The van der Waals surface area contributed by atoms with Crippen LogP contribution < -0.4 is 10.6 Å². The Kier molecular flexibility index (Phi) is 5.64. The molecular formula is C8H20N2. The van der Waals surface area contributed by atoms with Crippen LogP contribution in [-0.4, -0.2) is 25.2 Å². The van der Waals surface area contributed by atoms with Crippen molar-refractivity contribution in [1.82, 2.24) is 10.6 Å². The van der Waals surface area contributed by atoms with E-state index < -0.39 is 0 Å². The molecule has 0 spiro atoms. The first kappa shape index (κ1) is 9.92. The highest BCUT2D eigenvalue weighted by molar-refractivity contribution is 4.82. The number of hydrogen-bond donors (Lipinski definition) is 2. The molecule has 1 rings (SSSR count). The predicted octanol–water partition coefficient (Wildman–Crippen LogP) is 0.982. The normalized spacial score (nSPS) is 17.7. The van der Waals surface area contributed by atoms with Gasteiger partial charge in [-0.25, -0.2) is 0 Å². The summed E-state index contributed by atoms with van der Waals surface area (Å²) >= 11 is 0. The molecule has 1 aliphatic heterocycles. The Morgan fingerprint density at radius 3 is 1.90 bits per heavy atom. The molecule has 0 unspecified atom stereocenters. The second-order valence-electron chi connectivity index (χ2n) is 2.68. The molecule has 0 amide bonds. The monoisotopic (exact) mass is 144 g/mol. The van der Waals surface area contributed by atoms with E-state index in [4.69, 9.17) is 0 Å². The van der Waals surface area contributed by atoms with E-state index in [1.807, 2.05) is 13.8 Å². The molecule has 1 saturated heterocycles. The van der Waals surface area contributed by atoms with Gasteiger partial charge in [0, 0.05) is 25.2 Å². The molecule has 0 saturated carbocycles. The average Bonchev–Trinajstić information content (AvgIpc) is 1.84. The highest BCUT2D eigenvalue weighted by Crippen LogP contribution is 1.91. The fourth-order valence-electron chi connectivity index (χ4n) is 0.878. The summed E-state index contributed by atoms with van der Waals surface area (Å²) in [5, 5.41) is 6.62. The molecule has 0 aromatic carbocycles. The van der Waals surface area contributed by atoms with E-state index in [1.54, 1.807) is 0 Å². The Morgan fingerprint density at radius 2 is 1.80 bits per heavy atom. The highest BCUT2D eigenvalue weighted by atomic mass is 15.1. The third kappa shape index (κ3) is 3.85. The maximum absolute atomic E-state index is 3.42. The van der Waals surface area contributed by atoms with E-state index in [2.05, 4.69) is 24.5 Å². The first-order valence-corrected chi connectivity index (χ1v) is 4.26. The van der Waals surface area contributed by atoms with Gasteiger partial charge in [0.15, 0.2) is 0 Å². The lowest BCUT2D eigenvalue weighted by Crippen LogP contribution is -2.57. The van der Waals surface area contributed by atoms with Crippen molar-refractivity contribution >= 4 is 0 Å². The zero-order chi connectivity index (χ0) is 7.98. The summed E-state index contributed by atoms with van der Waals surface area (Å²) in [4.78, 5) is 0. The van der Waals surface area contributed by atoms with Crippen LogP contribution >= 0.6 is 0 Å². The van der Waals surface area contributed by atoms with Gasteiger partial charge in [0.2, 0.25) is 0 Å². The summed E-state index contributed by atoms with van der Waals surface area (Å²) in [6, 6.07) is 1.39. The van der Waals surface area contributed by atoms with Gasteiger partial charge in [0.25, 0.3) is 0 Å². The zero-order valence-electron chi connectivity index (χ0n) is 7.57. The van der Waals surface area contributed by atoms with Gasteiger partial charge in [-0.1, -0.05) is 27.7 Å². The minimum Gasteiger partial charge on any atom is -0.314 e. The van der Waals surface area contributed by atoms with Crippen molar-refractivity contribution in [3.63, 3.8) is 0 Å². The second-order valence-corrected chi connectivity index (χ2v) is 2.68. The molecule has 1 aliphatic rings. The molecular weight excluding hydrogens is 124 g/mol. The Bertz CT molecular complexity index is 67.7. The van der Waals surface area contributed by atoms with Crippen molar-refractivity contribution < 1.29 is 0 Å². The molecule has 0 bridgehead atoms. The van der Waals surface area contributed by atoms with Crippen LogP contribution in [0.2, 0.25) is 0 Å². The summed E-state index contributed by atoms with van der Waals surface area (Å²) in [6.45, 7) is 10.7. The van der Waals surface area contributed by atoms with Crippen molar-refractivity contribution in [2.75, 3.05) is 13.1 Å². The largest absolute Gasteiger partial charge is 0.314 e. The molecule has 1 fully saturated rings. The van der Waals surface area contributed by atoms with E-state index in [0.29, 0.717) is 6.04 Å². The van der Waals surface area contributed by atoms with Crippen molar-refractivity contribution in [3.05, 3.63) is 0 Å². The van der Waals surface area contributed by atoms with Crippen molar-refractivity contribution in [3.8, 4) is 0 Å². The Labute approximate surface area is 64.4 Å². The Morgan fingerprint density at radius 1 is 1.30 bits per heavy atom. The van der Waals surface area contributed by atoms with Crippen molar-refractivity contribution in [2.24, 2.45) is 0 Å². The van der Waals surface area contributed by atoms with Crippen LogP contribution in [0.5, 0.6) is 0 Å². The van der Waals surface area contributed by atoms with Crippen LogP contribution in [-0.2, 0) is 0 Å². The Balaban J connectivity index is 0.000000371. The van der Waals surface area contributed by atoms with E-state index in [9.17, 15) is 0 Å². The molecule has 1 heterocycles. The average molecular weight is 144 g/mol. The van der Waals surface area contributed by atoms with Crippen LogP contribution in [0, 0.1) is 0 Å². The van der Waals surface area contributed by atoms with Gasteiger partial charge in [-0.2, -0.15) is 0 Å². The lowest BCUT2D eigenvalue weighted by atomic mass is 10.1. The molecule has 2 nitrogen and oxygen atoms in total. The van der Waals surface area contributed by atoms with E-state index in [1.165, 1.54) is 0 Å².